The highest BCUT2D eigenvalue weighted by Gasteiger charge is 2.21. The van der Waals surface area contributed by atoms with Gasteiger partial charge in [0.25, 0.3) is 11.5 Å². The maximum atomic E-state index is 12.6. The van der Waals surface area contributed by atoms with Crippen molar-refractivity contribution < 1.29 is 14.3 Å². The Morgan fingerprint density at radius 3 is 2.76 bits per heavy atom. The standard InChI is InChI=1S/C19H20N2O4/c1-11-7-8-15-12(9-11)10-14(17(22)20-15)18(23)21-16-6-4-3-5-13(16)19(24)25-2/h3-6,10-11H,7-9H2,1-2H3,(H,20,22)(H,21,23). The summed E-state index contributed by atoms with van der Waals surface area (Å²) < 4.78 is 4.72. The average molecular weight is 340 g/mol. The lowest BCUT2D eigenvalue weighted by Gasteiger charge is -2.21. The molecule has 0 bridgehead atoms. The van der Waals surface area contributed by atoms with E-state index in [1.165, 1.54) is 7.11 Å². The number of anilines is 1. The van der Waals surface area contributed by atoms with Gasteiger partial charge in [0.1, 0.15) is 5.56 Å². The summed E-state index contributed by atoms with van der Waals surface area (Å²) in [5, 5.41) is 2.64. The number of aromatic amines is 1. The lowest BCUT2D eigenvalue weighted by molar-refractivity contribution is 0.0602. The normalized spacial score (nSPS) is 16.0. The monoisotopic (exact) mass is 340 g/mol. The van der Waals surface area contributed by atoms with E-state index in [1.54, 1.807) is 30.3 Å². The van der Waals surface area contributed by atoms with E-state index >= 15 is 0 Å². The fourth-order valence-electron chi connectivity index (χ4n) is 3.12. The first-order valence-corrected chi connectivity index (χ1v) is 8.23. The lowest BCUT2D eigenvalue weighted by atomic mass is 9.87. The van der Waals surface area contributed by atoms with E-state index < -0.39 is 17.4 Å². The Bertz CT molecular complexity index is 885. The number of benzene rings is 1. The summed E-state index contributed by atoms with van der Waals surface area (Å²) in [6.45, 7) is 2.15. The van der Waals surface area contributed by atoms with Crippen LogP contribution in [0.15, 0.2) is 35.1 Å². The van der Waals surface area contributed by atoms with E-state index in [0.29, 0.717) is 11.6 Å². The first-order valence-electron chi connectivity index (χ1n) is 8.23. The number of esters is 1. The van der Waals surface area contributed by atoms with E-state index in [1.807, 2.05) is 0 Å². The van der Waals surface area contributed by atoms with Crippen molar-refractivity contribution in [2.45, 2.75) is 26.2 Å². The van der Waals surface area contributed by atoms with Gasteiger partial charge in [-0.25, -0.2) is 4.79 Å². The van der Waals surface area contributed by atoms with Crippen molar-refractivity contribution in [1.29, 1.82) is 0 Å². The molecule has 0 saturated heterocycles. The van der Waals surface area contributed by atoms with Crippen molar-refractivity contribution in [3.63, 3.8) is 0 Å². The minimum absolute atomic E-state index is 0.0486. The van der Waals surface area contributed by atoms with Crippen LogP contribution in [0.5, 0.6) is 0 Å². The van der Waals surface area contributed by atoms with Crippen molar-refractivity contribution in [2.75, 3.05) is 12.4 Å². The topological polar surface area (TPSA) is 88.3 Å². The second-order valence-corrected chi connectivity index (χ2v) is 6.36. The van der Waals surface area contributed by atoms with Crippen LogP contribution in [-0.4, -0.2) is 24.0 Å². The molecule has 0 radical (unpaired) electrons. The number of amides is 1. The molecule has 0 spiro atoms. The number of aromatic nitrogens is 1. The number of fused-ring (bicyclic) bond motifs is 1. The van der Waals surface area contributed by atoms with Gasteiger partial charge in [-0.2, -0.15) is 0 Å². The summed E-state index contributed by atoms with van der Waals surface area (Å²) in [6.07, 6.45) is 2.69. The van der Waals surface area contributed by atoms with Crippen molar-refractivity contribution in [3.8, 4) is 0 Å². The second-order valence-electron chi connectivity index (χ2n) is 6.36. The van der Waals surface area contributed by atoms with Gasteiger partial charge >= 0.3 is 5.97 Å². The molecule has 1 aromatic carbocycles. The van der Waals surface area contributed by atoms with E-state index in [-0.39, 0.29) is 11.1 Å². The number of ether oxygens (including phenoxy) is 1. The molecule has 6 nitrogen and oxygen atoms in total. The third kappa shape index (κ3) is 3.47. The van der Waals surface area contributed by atoms with Gasteiger partial charge in [-0.1, -0.05) is 19.1 Å². The minimum Gasteiger partial charge on any atom is -0.465 e. The molecule has 0 fully saturated rings. The maximum Gasteiger partial charge on any atom is 0.339 e. The number of aryl methyl sites for hydroxylation is 1. The first kappa shape index (κ1) is 17.0. The summed E-state index contributed by atoms with van der Waals surface area (Å²) in [4.78, 5) is 39.5. The zero-order valence-electron chi connectivity index (χ0n) is 14.2. The van der Waals surface area contributed by atoms with Gasteiger partial charge in [0.2, 0.25) is 0 Å². The molecular weight excluding hydrogens is 320 g/mol. The number of H-pyrrole nitrogens is 1. The Morgan fingerprint density at radius 1 is 1.24 bits per heavy atom. The van der Waals surface area contributed by atoms with Crippen LogP contribution in [0.2, 0.25) is 0 Å². The summed E-state index contributed by atoms with van der Waals surface area (Å²) in [5.74, 6) is -0.572. The number of rotatable bonds is 3. The highest BCUT2D eigenvalue weighted by Crippen LogP contribution is 2.24. The molecule has 0 aliphatic heterocycles. The largest absolute Gasteiger partial charge is 0.465 e. The Kier molecular flexibility index (Phi) is 4.70. The Labute approximate surface area is 145 Å². The zero-order chi connectivity index (χ0) is 18.0. The molecule has 25 heavy (non-hydrogen) atoms. The van der Waals surface area contributed by atoms with Crippen LogP contribution in [0.1, 0.15) is 45.3 Å². The summed E-state index contributed by atoms with van der Waals surface area (Å²) in [7, 11) is 1.27. The molecule has 0 saturated carbocycles. The van der Waals surface area contributed by atoms with Crippen LogP contribution < -0.4 is 10.9 Å². The van der Waals surface area contributed by atoms with Crippen molar-refractivity contribution in [2.24, 2.45) is 5.92 Å². The molecule has 1 amide bonds. The average Bonchev–Trinajstić information content (AvgIpc) is 2.61. The number of carbonyl (C=O) groups is 2. The van der Waals surface area contributed by atoms with E-state index in [0.717, 1.165) is 30.5 Å². The van der Waals surface area contributed by atoms with Gasteiger partial charge in [0, 0.05) is 5.69 Å². The number of nitrogens with one attached hydrogen (secondary N) is 2. The van der Waals surface area contributed by atoms with Gasteiger partial charge in [-0.15, -0.1) is 0 Å². The number of hydrogen-bond donors (Lipinski definition) is 2. The molecule has 1 unspecified atom stereocenters. The fourth-order valence-corrected chi connectivity index (χ4v) is 3.12. The number of methoxy groups -OCH3 is 1. The predicted octanol–water partition coefficient (Wildman–Crippen LogP) is 2.54. The molecule has 3 rings (SSSR count). The summed E-state index contributed by atoms with van der Waals surface area (Å²) in [6, 6.07) is 8.19. The van der Waals surface area contributed by atoms with Crippen LogP contribution >= 0.6 is 0 Å². The Balaban J connectivity index is 1.91. The number of carbonyl (C=O) groups excluding carboxylic acids is 2. The van der Waals surface area contributed by atoms with Gasteiger partial charge < -0.3 is 15.0 Å². The predicted molar refractivity (Wildman–Crippen MR) is 94.0 cm³/mol. The van der Waals surface area contributed by atoms with Crippen LogP contribution in [0.3, 0.4) is 0 Å². The summed E-state index contributed by atoms with van der Waals surface area (Å²) >= 11 is 0. The van der Waals surface area contributed by atoms with Crippen molar-refractivity contribution in [1.82, 2.24) is 4.98 Å². The van der Waals surface area contributed by atoms with Crippen molar-refractivity contribution >= 4 is 17.6 Å². The molecule has 2 N–H and O–H groups in total. The van der Waals surface area contributed by atoms with Crippen LogP contribution in [-0.2, 0) is 17.6 Å². The van der Waals surface area contributed by atoms with Crippen molar-refractivity contribution in [3.05, 3.63) is 63.1 Å². The molecule has 130 valence electrons. The maximum absolute atomic E-state index is 12.6. The molecule has 1 aliphatic rings. The third-order valence-electron chi connectivity index (χ3n) is 4.50. The van der Waals surface area contributed by atoms with Gasteiger partial charge in [-0.3, -0.25) is 9.59 Å². The van der Waals surface area contributed by atoms with Crippen LogP contribution in [0, 0.1) is 5.92 Å². The lowest BCUT2D eigenvalue weighted by Crippen LogP contribution is -2.27. The third-order valence-corrected chi connectivity index (χ3v) is 4.50. The Hall–Kier alpha value is -2.89. The fraction of sp³-hybridized carbons (Fsp3) is 0.316. The van der Waals surface area contributed by atoms with E-state index in [9.17, 15) is 14.4 Å². The van der Waals surface area contributed by atoms with Gasteiger partial charge in [-0.05, 0) is 48.9 Å². The number of para-hydroxylation sites is 1. The second kappa shape index (κ2) is 6.93. The summed E-state index contributed by atoms with van der Waals surface area (Å²) in [5.41, 5.74) is 2.10. The Morgan fingerprint density at radius 2 is 2.00 bits per heavy atom. The molecule has 1 heterocycles. The highest BCUT2D eigenvalue weighted by atomic mass is 16.5. The smallest absolute Gasteiger partial charge is 0.339 e. The molecule has 1 atom stereocenters. The molecule has 1 aromatic heterocycles. The first-order chi connectivity index (χ1) is 12.0. The van der Waals surface area contributed by atoms with E-state index in [2.05, 4.69) is 17.2 Å². The van der Waals surface area contributed by atoms with Gasteiger partial charge in [0.05, 0.1) is 18.4 Å². The SMILES string of the molecule is COC(=O)c1ccccc1NC(=O)c1cc2c([nH]c1=O)CCC(C)C2. The van der Waals surface area contributed by atoms with Crippen LogP contribution in [0.25, 0.3) is 0 Å². The number of hydrogen-bond acceptors (Lipinski definition) is 4. The molecule has 1 aliphatic carbocycles. The quantitative estimate of drug-likeness (QED) is 0.841. The minimum atomic E-state index is -0.552. The highest BCUT2D eigenvalue weighted by molar-refractivity contribution is 6.07. The zero-order valence-corrected chi connectivity index (χ0v) is 14.2. The molecular formula is C19H20N2O4. The molecule has 6 heteroatoms. The van der Waals surface area contributed by atoms with E-state index in [4.69, 9.17) is 4.74 Å². The number of pyridine rings is 1. The van der Waals surface area contributed by atoms with Crippen LogP contribution in [0.4, 0.5) is 5.69 Å². The molecule has 2 aromatic rings. The van der Waals surface area contributed by atoms with Gasteiger partial charge in [0.15, 0.2) is 0 Å².